The highest BCUT2D eigenvalue weighted by molar-refractivity contribution is 5.97. The van der Waals surface area contributed by atoms with E-state index in [0.29, 0.717) is 18.5 Å². The van der Waals surface area contributed by atoms with Crippen LogP contribution in [0.3, 0.4) is 0 Å². The van der Waals surface area contributed by atoms with E-state index in [2.05, 4.69) is 5.10 Å². The number of likely N-dealkylation sites (tertiary alicyclic amines) is 1. The van der Waals surface area contributed by atoms with Crippen molar-refractivity contribution in [1.29, 1.82) is 0 Å². The number of hydrogen-bond acceptors (Lipinski definition) is 3. The summed E-state index contributed by atoms with van der Waals surface area (Å²) < 4.78 is 1.78. The summed E-state index contributed by atoms with van der Waals surface area (Å²) >= 11 is 0. The number of carboxylic acids is 1. The molecule has 1 aromatic heterocycles. The first kappa shape index (κ1) is 14.6. The third-order valence-electron chi connectivity index (χ3n) is 3.81. The molecule has 1 aliphatic rings. The molecule has 1 saturated heterocycles. The SMILES string of the molecule is Cc1c(C(=O)N2CCCC[C@@H]2C(=O)O)cnn1C(C)C. The van der Waals surface area contributed by atoms with E-state index < -0.39 is 12.0 Å². The molecule has 1 aliphatic heterocycles. The van der Waals surface area contributed by atoms with Crippen molar-refractivity contribution in [3.05, 3.63) is 17.5 Å². The molecule has 0 radical (unpaired) electrons. The molecule has 6 heteroatoms. The minimum absolute atomic E-state index is 0.174. The van der Waals surface area contributed by atoms with E-state index >= 15 is 0 Å². The molecule has 0 aliphatic carbocycles. The highest BCUT2D eigenvalue weighted by Crippen LogP contribution is 2.22. The Morgan fingerprint density at radius 1 is 1.40 bits per heavy atom. The molecule has 0 aromatic carbocycles. The van der Waals surface area contributed by atoms with Gasteiger partial charge in [0.15, 0.2) is 0 Å². The quantitative estimate of drug-likeness (QED) is 0.916. The number of piperidine rings is 1. The van der Waals surface area contributed by atoms with E-state index in [1.54, 1.807) is 10.9 Å². The second-order valence-corrected chi connectivity index (χ2v) is 5.53. The Bertz CT molecular complexity index is 522. The van der Waals surface area contributed by atoms with Gasteiger partial charge in [0, 0.05) is 18.3 Å². The van der Waals surface area contributed by atoms with Crippen molar-refractivity contribution in [3.8, 4) is 0 Å². The molecule has 6 nitrogen and oxygen atoms in total. The summed E-state index contributed by atoms with van der Waals surface area (Å²) in [5, 5.41) is 13.5. The van der Waals surface area contributed by atoms with Crippen LogP contribution in [0.2, 0.25) is 0 Å². The van der Waals surface area contributed by atoms with Gasteiger partial charge in [-0.1, -0.05) is 0 Å². The van der Waals surface area contributed by atoms with Crippen LogP contribution in [0.15, 0.2) is 6.20 Å². The maximum atomic E-state index is 12.6. The zero-order valence-corrected chi connectivity index (χ0v) is 12.2. The normalized spacial score (nSPS) is 19.4. The fourth-order valence-electron chi connectivity index (χ4n) is 2.74. The molecule has 2 heterocycles. The Morgan fingerprint density at radius 2 is 2.10 bits per heavy atom. The van der Waals surface area contributed by atoms with Gasteiger partial charge in [0.2, 0.25) is 0 Å². The van der Waals surface area contributed by atoms with Gasteiger partial charge in [-0.15, -0.1) is 0 Å². The number of aromatic nitrogens is 2. The summed E-state index contributed by atoms with van der Waals surface area (Å²) in [5.74, 6) is -1.14. The van der Waals surface area contributed by atoms with Gasteiger partial charge in [-0.3, -0.25) is 9.48 Å². The van der Waals surface area contributed by atoms with Crippen LogP contribution in [-0.4, -0.2) is 44.3 Å². The average molecular weight is 279 g/mol. The van der Waals surface area contributed by atoms with Crippen LogP contribution < -0.4 is 0 Å². The van der Waals surface area contributed by atoms with Crippen LogP contribution in [0.4, 0.5) is 0 Å². The molecule has 20 heavy (non-hydrogen) atoms. The second-order valence-electron chi connectivity index (χ2n) is 5.53. The second kappa shape index (κ2) is 5.64. The van der Waals surface area contributed by atoms with Crippen molar-refractivity contribution in [1.82, 2.24) is 14.7 Å². The number of amides is 1. The van der Waals surface area contributed by atoms with Crippen LogP contribution in [0.5, 0.6) is 0 Å². The van der Waals surface area contributed by atoms with E-state index in [1.165, 1.54) is 4.90 Å². The topological polar surface area (TPSA) is 75.4 Å². The van der Waals surface area contributed by atoms with Gasteiger partial charge in [0.25, 0.3) is 5.91 Å². The molecular formula is C14H21N3O3. The summed E-state index contributed by atoms with van der Waals surface area (Å²) in [5.41, 5.74) is 1.30. The number of rotatable bonds is 3. The highest BCUT2D eigenvalue weighted by Gasteiger charge is 2.33. The van der Waals surface area contributed by atoms with Gasteiger partial charge in [-0.25, -0.2) is 4.79 Å². The van der Waals surface area contributed by atoms with Crippen LogP contribution in [0.1, 0.15) is 55.2 Å². The van der Waals surface area contributed by atoms with E-state index in [-0.39, 0.29) is 11.9 Å². The fourth-order valence-corrected chi connectivity index (χ4v) is 2.74. The van der Waals surface area contributed by atoms with E-state index in [0.717, 1.165) is 18.5 Å². The number of hydrogen-bond donors (Lipinski definition) is 1. The molecule has 0 spiro atoms. The van der Waals surface area contributed by atoms with Crippen LogP contribution in [-0.2, 0) is 4.79 Å². The highest BCUT2D eigenvalue weighted by atomic mass is 16.4. The zero-order valence-electron chi connectivity index (χ0n) is 12.2. The van der Waals surface area contributed by atoms with Gasteiger partial charge in [-0.05, 0) is 40.0 Å². The lowest BCUT2D eigenvalue weighted by atomic mass is 10.0. The maximum Gasteiger partial charge on any atom is 0.326 e. The standard InChI is InChI=1S/C14H21N3O3/c1-9(2)17-10(3)11(8-15-17)13(18)16-7-5-4-6-12(16)14(19)20/h8-9,12H,4-7H2,1-3H3,(H,19,20)/t12-/m1/s1. The first-order chi connectivity index (χ1) is 9.43. The molecule has 1 amide bonds. The Labute approximate surface area is 118 Å². The number of carbonyl (C=O) groups excluding carboxylic acids is 1. The molecule has 1 N–H and O–H groups in total. The fraction of sp³-hybridized carbons (Fsp3) is 0.643. The molecule has 0 saturated carbocycles. The van der Waals surface area contributed by atoms with Gasteiger partial charge >= 0.3 is 5.97 Å². The first-order valence-corrected chi connectivity index (χ1v) is 7.01. The Kier molecular flexibility index (Phi) is 4.11. The predicted octanol–water partition coefficient (Wildman–Crippen LogP) is 1.85. The van der Waals surface area contributed by atoms with Gasteiger partial charge in [-0.2, -0.15) is 5.10 Å². The third-order valence-corrected chi connectivity index (χ3v) is 3.81. The largest absolute Gasteiger partial charge is 0.480 e. The maximum absolute atomic E-state index is 12.6. The van der Waals surface area contributed by atoms with Crippen LogP contribution in [0.25, 0.3) is 0 Å². The summed E-state index contributed by atoms with van der Waals surface area (Å²) in [6.07, 6.45) is 3.78. The minimum Gasteiger partial charge on any atom is -0.480 e. The van der Waals surface area contributed by atoms with Crippen molar-refractivity contribution >= 4 is 11.9 Å². The Morgan fingerprint density at radius 3 is 2.65 bits per heavy atom. The van der Waals surface area contributed by atoms with E-state index in [9.17, 15) is 14.7 Å². The summed E-state index contributed by atoms with van der Waals surface area (Å²) in [4.78, 5) is 25.3. The lowest BCUT2D eigenvalue weighted by Crippen LogP contribution is -2.48. The van der Waals surface area contributed by atoms with Crippen LogP contribution in [0, 0.1) is 6.92 Å². The molecule has 2 rings (SSSR count). The summed E-state index contributed by atoms with van der Waals surface area (Å²) in [6, 6.07) is -0.536. The van der Waals surface area contributed by atoms with Crippen molar-refractivity contribution < 1.29 is 14.7 Å². The predicted molar refractivity (Wildman–Crippen MR) is 73.7 cm³/mol. The number of carbonyl (C=O) groups is 2. The van der Waals surface area contributed by atoms with E-state index in [1.807, 2.05) is 20.8 Å². The van der Waals surface area contributed by atoms with Gasteiger partial charge < -0.3 is 10.0 Å². The Balaban J connectivity index is 2.28. The Hall–Kier alpha value is -1.85. The first-order valence-electron chi connectivity index (χ1n) is 7.01. The molecule has 0 bridgehead atoms. The van der Waals surface area contributed by atoms with E-state index in [4.69, 9.17) is 0 Å². The minimum atomic E-state index is -0.924. The lowest BCUT2D eigenvalue weighted by Gasteiger charge is -2.32. The van der Waals surface area contributed by atoms with Crippen LogP contribution >= 0.6 is 0 Å². The van der Waals surface area contributed by atoms with Gasteiger partial charge in [0.1, 0.15) is 6.04 Å². The van der Waals surface area contributed by atoms with Crippen molar-refractivity contribution in [2.45, 2.75) is 52.1 Å². The van der Waals surface area contributed by atoms with Crippen molar-refractivity contribution in [3.63, 3.8) is 0 Å². The molecule has 1 atom stereocenters. The zero-order chi connectivity index (χ0) is 14.9. The number of nitrogens with zero attached hydrogens (tertiary/aromatic N) is 3. The van der Waals surface area contributed by atoms with Gasteiger partial charge in [0.05, 0.1) is 11.8 Å². The molecule has 1 aromatic rings. The average Bonchev–Trinajstić information content (AvgIpc) is 2.79. The molecule has 0 unspecified atom stereocenters. The smallest absolute Gasteiger partial charge is 0.326 e. The molecule has 1 fully saturated rings. The number of carboxylic acid groups (broad SMARTS) is 1. The summed E-state index contributed by atoms with van der Waals surface area (Å²) in [6.45, 7) is 6.34. The number of aliphatic carboxylic acids is 1. The molecule has 110 valence electrons. The van der Waals surface area contributed by atoms with Crippen molar-refractivity contribution in [2.75, 3.05) is 6.54 Å². The monoisotopic (exact) mass is 279 g/mol. The lowest BCUT2D eigenvalue weighted by molar-refractivity contribution is -0.143. The van der Waals surface area contributed by atoms with Crippen molar-refractivity contribution in [2.24, 2.45) is 0 Å². The molecular weight excluding hydrogens is 258 g/mol. The summed E-state index contributed by atoms with van der Waals surface area (Å²) in [7, 11) is 0. The third kappa shape index (κ3) is 2.55.